The van der Waals surface area contributed by atoms with E-state index in [0.29, 0.717) is 54.6 Å². The van der Waals surface area contributed by atoms with Gasteiger partial charge in [0.15, 0.2) is 28.9 Å². The van der Waals surface area contributed by atoms with Crippen LogP contribution in [0.4, 0.5) is 0 Å². The van der Waals surface area contributed by atoms with Gasteiger partial charge in [-0.2, -0.15) is 0 Å². The highest BCUT2D eigenvalue weighted by atomic mass is 16.6. The summed E-state index contributed by atoms with van der Waals surface area (Å²) in [6, 6.07) is 65.2. The largest absolute Gasteiger partial charge is 0.508 e. The fourth-order valence-corrected chi connectivity index (χ4v) is 13.6. The molecular weight excluding hydrogens is 1200 g/mol. The van der Waals surface area contributed by atoms with Crippen molar-refractivity contribution in [2.45, 2.75) is 103 Å². The second-order valence-corrected chi connectivity index (χ2v) is 24.7. The summed E-state index contributed by atoms with van der Waals surface area (Å²) >= 11 is 0. The van der Waals surface area contributed by atoms with Gasteiger partial charge in [-0.15, -0.1) is 0 Å². The van der Waals surface area contributed by atoms with Gasteiger partial charge in [-0.3, -0.25) is 33.6 Å². The molecule has 17 rings (SSSR count). The van der Waals surface area contributed by atoms with Crippen molar-refractivity contribution in [3.8, 4) is 17.9 Å². The molecule has 6 aliphatic carbocycles. The number of phenolic OH excluding ortho intramolecular Hbond substituents is 1. The molecule has 1 saturated heterocycles. The maximum absolute atomic E-state index is 11.7. The average molecular weight is 1260 g/mol. The van der Waals surface area contributed by atoms with E-state index in [1.54, 1.807) is 44.2 Å². The zero-order valence-corrected chi connectivity index (χ0v) is 53.1. The molecule has 1 heterocycles. The van der Waals surface area contributed by atoms with Crippen molar-refractivity contribution in [1.82, 2.24) is 0 Å². The van der Waals surface area contributed by atoms with Gasteiger partial charge in [-0.05, 0) is 153 Å². The van der Waals surface area contributed by atoms with Crippen molar-refractivity contribution in [1.29, 1.82) is 10.5 Å². The smallest absolute Gasteiger partial charge is 0.313 e. The van der Waals surface area contributed by atoms with Gasteiger partial charge in [0, 0.05) is 64.5 Å². The molecule has 1 aliphatic heterocycles. The number of ether oxygens (including phenoxy) is 1. The van der Waals surface area contributed by atoms with E-state index in [4.69, 9.17) is 28.4 Å². The number of nitriles is 2. The van der Waals surface area contributed by atoms with Crippen LogP contribution in [0.5, 0.6) is 5.75 Å². The number of allylic oxidation sites excluding steroid dienone is 4. The SMILES string of the molecule is CC1(C)CC(=O)CC(=O)O1.O=C1CC(=O)c2cccc3cccc1c23.O=C1CCc2c(O)cccc21.O=C1CCc2cccc3cccc1c23.O=C1CCc2ccccc21.[C-]#[N+]/C(C#N)=C1/CCc2cccc3cccc1c23.[C-]#[N+]/C(C#N)=C1\CCc2cc3ccccc3cc21. The summed E-state index contributed by atoms with van der Waals surface area (Å²) in [5, 5.41) is 36.3. The molecule has 1 fully saturated rings. The number of carbonyl (C=O) groups excluding carboxylic acids is 7. The Morgan fingerprint density at radius 1 is 0.406 bits per heavy atom. The van der Waals surface area contributed by atoms with Gasteiger partial charge in [-0.1, -0.05) is 176 Å². The molecule has 0 spiro atoms. The van der Waals surface area contributed by atoms with Crippen molar-refractivity contribution in [2.75, 3.05) is 0 Å². The fourth-order valence-electron chi connectivity index (χ4n) is 13.6. The molecule has 0 aromatic heterocycles. The highest BCUT2D eigenvalue weighted by Gasteiger charge is 2.33. The van der Waals surface area contributed by atoms with E-state index >= 15 is 0 Å². The van der Waals surface area contributed by atoms with Crippen molar-refractivity contribution < 1.29 is 43.4 Å². The van der Waals surface area contributed by atoms with Crippen LogP contribution < -0.4 is 0 Å². The fraction of sp³-hybridized carbons (Fsp3) is 0.193. The van der Waals surface area contributed by atoms with Crippen LogP contribution in [-0.4, -0.2) is 51.4 Å². The number of fused-ring (bicyclic) bond motifs is 4. The van der Waals surface area contributed by atoms with Gasteiger partial charge < -0.3 is 9.84 Å². The monoisotopic (exact) mass is 1260 g/mol. The highest BCUT2D eigenvalue weighted by molar-refractivity contribution is 6.27. The van der Waals surface area contributed by atoms with Crippen LogP contribution in [-0.2, 0) is 46.4 Å². The van der Waals surface area contributed by atoms with Crippen LogP contribution in [0, 0.1) is 35.8 Å². The third-order valence-electron chi connectivity index (χ3n) is 18.0. The maximum Gasteiger partial charge on any atom is 0.313 e. The molecule has 0 unspecified atom stereocenters. The second kappa shape index (κ2) is 28.9. The molecule has 10 aromatic rings. The number of aryl methyl sites for hydroxylation is 4. The predicted octanol–water partition coefficient (Wildman–Crippen LogP) is 17.5. The Morgan fingerprint density at radius 2 is 0.812 bits per heavy atom. The molecule has 13 nitrogen and oxygen atoms in total. The Hall–Kier alpha value is -12.0. The number of benzene rings is 10. The number of ketones is 6. The number of hydrogen-bond acceptors (Lipinski definition) is 11. The van der Waals surface area contributed by atoms with E-state index in [-0.39, 0.29) is 58.9 Å². The lowest BCUT2D eigenvalue weighted by atomic mass is 9.84. The first-order valence-electron chi connectivity index (χ1n) is 31.8. The van der Waals surface area contributed by atoms with Crippen molar-refractivity contribution in [3.05, 3.63) is 289 Å². The lowest BCUT2D eigenvalue weighted by Crippen LogP contribution is -2.37. The van der Waals surface area contributed by atoms with E-state index in [1.807, 2.05) is 97.1 Å². The van der Waals surface area contributed by atoms with E-state index in [1.165, 1.54) is 49.2 Å². The van der Waals surface area contributed by atoms with E-state index in [2.05, 4.69) is 82.5 Å². The summed E-state index contributed by atoms with van der Waals surface area (Å²) in [6.07, 6.45) is 8.17. The Labute approximate surface area is 555 Å². The lowest BCUT2D eigenvalue weighted by molar-refractivity contribution is -0.166. The summed E-state index contributed by atoms with van der Waals surface area (Å²) in [4.78, 5) is 85.3. The summed E-state index contributed by atoms with van der Waals surface area (Å²) in [5.74, 6) is 0.435. The first kappa shape index (κ1) is 65.5. The minimum Gasteiger partial charge on any atom is -0.508 e. The number of carbonyl (C=O) groups is 7. The number of esters is 1. The van der Waals surface area contributed by atoms with Gasteiger partial charge >= 0.3 is 5.97 Å². The van der Waals surface area contributed by atoms with Crippen molar-refractivity contribution >= 4 is 94.9 Å². The van der Waals surface area contributed by atoms with Crippen LogP contribution >= 0.6 is 0 Å². The molecule has 470 valence electrons. The van der Waals surface area contributed by atoms with Crippen LogP contribution in [0.25, 0.3) is 63.9 Å². The molecule has 0 saturated carbocycles. The number of cyclic esters (lactones) is 1. The molecule has 0 bridgehead atoms. The van der Waals surface area contributed by atoms with Crippen molar-refractivity contribution in [3.63, 3.8) is 0 Å². The highest BCUT2D eigenvalue weighted by Crippen LogP contribution is 2.40. The number of nitrogens with zero attached hydrogens (tertiary/aromatic N) is 4. The molecule has 1 N–H and O–H groups in total. The van der Waals surface area contributed by atoms with Gasteiger partial charge in [-0.25, -0.2) is 20.2 Å². The zero-order chi connectivity index (χ0) is 67.6. The van der Waals surface area contributed by atoms with Crippen LogP contribution in [0.2, 0.25) is 0 Å². The second-order valence-electron chi connectivity index (χ2n) is 24.7. The van der Waals surface area contributed by atoms with Crippen LogP contribution in [0.15, 0.2) is 199 Å². The number of rotatable bonds is 0. The summed E-state index contributed by atoms with van der Waals surface area (Å²) in [5.41, 5.74) is 13.7. The Bertz CT molecular complexity index is 5040. The van der Waals surface area contributed by atoms with Gasteiger partial charge in [0.2, 0.25) is 0 Å². The zero-order valence-electron chi connectivity index (χ0n) is 53.1. The van der Waals surface area contributed by atoms with Gasteiger partial charge in [0.1, 0.15) is 23.6 Å². The molecule has 96 heavy (non-hydrogen) atoms. The first-order valence-corrected chi connectivity index (χ1v) is 31.8. The Balaban J connectivity index is 0.000000115. The Kier molecular flexibility index (Phi) is 19.7. The number of phenols is 1. The molecule has 7 aliphatic rings. The van der Waals surface area contributed by atoms with Gasteiger partial charge in [0.25, 0.3) is 11.4 Å². The van der Waals surface area contributed by atoms with E-state index in [9.17, 15) is 38.7 Å². The topological polar surface area (TPSA) is 205 Å². The van der Waals surface area contributed by atoms with Gasteiger partial charge in [0.05, 0.1) is 31.7 Å². The standard InChI is InChI=1S/2C16H10N2.C13H8O2.C13H10O.C9H8O2.C9H8O.C7H10O3/c1-18-15(10-17)13-9-8-12-5-2-4-11-6-3-7-14(13)16(11)12;1-18-16(10-17)14-7-6-13-8-11-4-2-3-5-12(11)9-15(13)14;14-11-7-12(15)10-6-2-4-8-3-1-5-9(11)13(8)10;14-12-8-7-10-4-1-3-9-5-2-6-11(12)13(9)10;10-8-3-1-2-6-7(8)4-5-9(6)11;10-9-6-5-7-3-1-2-4-8(7)9;1-7(2)4-5(8)3-6(9)10-7/h2-7H,8-9H2;2-5,8-9H,6-7H2;1-6H,7H2;1-6H,7-8H2;1-3,10H,4-5H2;1-4H,5-6H2;3-4H2,1-2H3/b15-13-;16-14+;;;;;. The molecule has 0 radical (unpaired) electrons. The van der Waals surface area contributed by atoms with E-state index in [0.717, 1.165) is 93.6 Å². The predicted molar refractivity (Wildman–Crippen MR) is 371 cm³/mol. The molecule has 13 heteroatoms. The third kappa shape index (κ3) is 14.1. The van der Waals surface area contributed by atoms with Crippen molar-refractivity contribution in [2.24, 2.45) is 0 Å². The number of Topliss-reactive ketones (excluding diaryl/α,β-unsaturated/α-hetero) is 6. The Morgan fingerprint density at radius 3 is 1.36 bits per heavy atom. The average Bonchev–Trinajstić information content (AvgIpc) is 1.32. The maximum atomic E-state index is 11.7. The summed E-state index contributed by atoms with van der Waals surface area (Å²) in [7, 11) is 0. The molecular formula is C83H64N4O9. The number of aromatic hydroxyl groups is 1. The minimum atomic E-state index is -0.577. The third-order valence-corrected chi connectivity index (χ3v) is 18.0. The van der Waals surface area contributed by atoms with E-state index < -0.39 is 11.6 Å². The first-order chi connectivity index (χ1) is 46.5. The van der Waals surface area contributed by atoms with Crippen LogP contribution in [0.1, 0.15) is 156 Å². The molecule has 0 atom stereocenters. The summed E-state index contributed by atoms with van der Waals surface area (Å²) in [6.45, 7) is 17.7. The minimum absolute atomic E-state index is 0.0100. The molecule has 0 amide bonds. The summed E-state index contributed by atoms with van der Waals surface area (Å²) < 4.78 is 4.88. The quantitative estimate of drug-likeness (QED) is 0.0654. The van der Waals surface area contributed by atoms with Crippen LogP contribution in [0.3, 0.4) is 0 Å². The number of hydrogen-bond donors (Lipinski definition) is 1. The lowest BCUT2D eigenvalue weighted by Gasteiger charge is -2.27. The normalized spacial score (nSPS) is 16.2. The molecule has 10 aromatic carbocycles.